The van der Waals surface area contributed by atoms with Gasteiger partial charge >= 0.3 is 0 Å². The maximum Gasteiger partial charge on any atom is 0.161 e. The Bertz CT molecular complexity index is 49.3. The van der Waals surface area contributed by atoms with Crippen LogP contribution in [0.5, 0.6) is 0 Å². The second-order valence-electron chi connectivity index (χ2n) is 1.17. The average Bonchev–Trinajstić information content (AvgIpc) is 1.66. The number of hydrogen-bond acceptors (Lipinski definition) is 4. The van der Waals surface area contributed by atoms with E-state index in [4.69, 9.17) is 10.2 Å². The van der Waals surface area contributed by atoms with Crippen LogP contribution in [0.1, 0.15) is 6.92 Å². The molecule has 0 unspecified atom stereocenters. The van der Waals surface area contributed by atoms with E-state index in [1.165, 1.54) is 10.8 Å². The molecule has 0 bridgehead atoms. The number of aliphatic hydroxyl groups excluding tert-OH is 1. The standard InChI is InChI=1S/C4H10O2S2/c1-2-7-8-3-4(5)6/h4-6H,2-3H2,1H3. The van der Waals surface area contributed by atoms with Crippen molar-refractivity contribution in [3.8, 4) is 0 Å². The minimum Gasteiger partial charge on any atom is -0.367 e. The number of rotatable bonds is 4. The second-order valence-corrected chi connectivity index (χ2v) is 3.97. The summed E-state index contributed by atoms with van der Waals surface area (Å²) in [5, 5.41) is 16.6. The molecule has 0 fully saturated rings. The lowest BCUT2D eigenvalue weighted by Crippen LogP contribution is -2.05. The van der Waals surface area contributed by atoms with E-state index in [1.54, 1.807) is 10.8 Å². The highest BCUT2D eigenvalue weighted by atomic mass is 33.1. The molecule has 0 radical (unpaired) electrons. The second kappa shape index (κ2) is 5.75. The Hall–Kier alpha value is 0.620. The molecule has 8 heavy (non-hydrogen) atoms. The van der Waals surface area contributed by atoms with Crippen LogP contribution in [0, 0.1) is 0 Å². The van der Waals surface area contributed by atoms with Crippen LogP contribution >= 0.6 is 21.6 Å². The summed E-state index contributed by atoms with van der Waals surface area (Å²) >= 11 is 0. The third kappa shape index (κ3) is 6.62. The van der Waals surface area contributed by atoms with Gasteiger partial charge < -0.3 is 10.2 Å². The molecule has 0 aliphatic carbocycles. The summed E-state index contributed by atoms with van der Waals surface area (Å²) < 4.78 is 0. The van der Waals surface area contributed by atoms with Crippen LogP contribution in [0.25, 0.3) is 0 Å². The molecule has 0 aromatic heterocycles. The zero-order chi connectivity index (χ0) is 6.41. The summed E-state index contributed by atoms with van der Waals surface area (Å²) in [4.78, 5) is 0. The summed E-state index contributed by atoms with van der Waals surface area (Å²) in [5.41, 5.74) is 0. The highest BCUT2D eigenvalue weighted by molar-refractivity contribution is 8.76. The molecule has 0 aliphatic rings. The molecule has 0 saturated heterocycles. The van der Waals surface area contributed by atoms with E-state index in [9.17, 15) is 0 Å². The van der Waals surface area contributed by atoms with Gasteiger partial charge in [-0.25, -0.2) is 0 Å². The van der Waals surface area contributed by atoms with Crippen molar-refractivity contribution in [3.05, 3.63) is 0 Å². The third-order valence-corrected chi connectivity index (χ3v) is 2.87. The van der Waals surface area contributed by atoms with Crippen LogP contribution in [0.4, 0.5) is 0 Å². The highest BCUT2D eigenvalue weighted by Crippen LogP contribution is 2.20. The molecule has 0 aromatic carbocycles. The first kappa shape index (κ1) is 8.62. The molecule has 0 spiro atoms. The summed E-state index contributed by atoms with van der Waals surface area (Å²) in [7, 11) is 3.11. The van der Waals surface area contributed by atoms with E-state index in [-0.39, 0.29) is 0 Å². The first-order valence-corrected chi connectivity index (χ1v) is 4.86. The molecule has 0 atom stereocenters. The molecule has 0 amide bonds. The number of hydrogen-bond donors (Lipinski definition) is 2. The summed E-state index contributed by atoms with van der Waals surface area (Å²) in [6.07, 6.45) is -1.15. The zero-order valence-corrected chi connectivity index (χ0v) is 6.34. The van der Waals surface area contributed by atoms with Crippen molar-refractivity contribution in [3.63, 3.8) is 0 Å². The maximum atomic E-state index is 8.30. The van der Waals surface area contributed by atoms with Crippen LogP contribution in [0.2, 0.25) is 0 Å². The van der Waals surface area contributed by atoms with E-state index < -0.39 is 6.29 Å². The highest BCUT2D eigenvalue weighted by Gasteiger charge is 1.94. The minimum atomic E-state index is -1.15. The van der Waals surface area contributed by atoms with Gasteiger partial charge in [0, 0.05) is 5.75 Å². The zero-order valence-electron chi connectivity index (χ0n) is 4.70. The van der Waals surface area contributed by atoms with Gasteiger partial charge in [-0.05, 0) is 0 Å². The Morgan fingerprint density at radius 2 is 2.00 bits per heavy atom. The SMILES string of the molecule is CCSSCC(O)O. The third-order valence-electron chi connectivity index (χ3n) is 0.418. The van der Waals surface area contributed by atoms with Gasteiger partial charge in [-0.3, -0.25) is 0 Å². The van der Waals surface area contributed by atoms with Crippen molar-refractivity contribution in [1.82, 2.24) is 0 Å². The smallest absolute Gasteiger partial charge is 0.161 e. The molecule has 4 heteroatoms. The van der Waals surface area contributed by atoms with Crippen molar-refractivity contribution < 1.29 is 10.2 Å². The largest absolute Gasteiger partial charge is 0.367 e. The van der Waals surface area contributed by atoms with Crippen LogP contribution in [0.3, 0.4) is 0 Å². The maximum absolute atomic E-state index is 8.30. The number of aliphatic hydroxyl groups is 2. The van der Waals surface area contributed by atoms with E-state index in [0.29, 0.717) is 5.75 Å². The van der Waals surface area contributed by atoms with Gasteiger partial charge in [-0.2, -0.15) is 0 Å². The minimum absolute atomic E-state index is 0.401. The Balaban J connectivity index is 2.72. The van der Waals surface area contributed by atoms with Crippen LogP contribution in [-0.4, -0.2) is 28.0 Å². The van der Waals surface area contributed by atoms with E-state index in [1.807, 2.05) is 6.92 Å². The van der Waals surface area contributed by atoms with Crippen molar-refractivity contribution in [1.29, 1.82) is 0 Å². The predicted molar refractivity (Wildman–Crippen MR) is 38.8 cm³/mol. The van der Waals surface area contributed by atoms with Crippen molar-refractivity contribution in [2.45, 2.75) is 13.2 Å². The van der Waals surface area contributed by atoms with E-state index >= 15 is 0 Å². The fraction of sp³-hybridized carbons (Fsp3) is 1.00. The average molecular weight is 154 g/mol. The summed E-state index contributed by atoms with van der Waals surface area (Å²) in [6, 6.07) is 0. The van der Waals surface area contributed by atoms with Crippen LogP contribution in [-0.2, 0) is 0 Å². The molecule has 0 aromatic rings. The molecule has 50 valence electrons. The fourth-order valence-corrected chi connectivity index (χ4v) is 1.73. The van der Waals surface area contributed by atoms with Crippen molar-refractivity contribution >= 4 is 21.6 Å². The lowest BCUT2D eigenvalue weighted by Gasteiger charge is -1.98. The Labute approximate surface area is 57.1 Å². The summed E-state index contributed by atoms with van der Waals surface area (Å²) in [6.45, 7) is 2.03. The van der Waals surface area contributed by atoms with Gasteiger partial charge in [0.15, 0.2) is 6.29 Å². The first-order valence-electron chi connectivity index (χ1n) is 2.38. The van der Waals surface area contributed by atoms with Crippen LogP contribution in [0.15, 0.2) is 0 Å². The molecule has 0 aliphatic heterocycles. The summed E-state index contributed by atoms with van der Waals surface area (Å²) in [5.74, 6) is 1.41. The van der Waals surface area contributed by atoms with Gasteiger partial charge in [0.2, 0.25) is 0 Å². The topological polar surface area (TPSA) is 40.5 Å². The van der Waals surface area contributed by atoms with Gasteiger partial charge in [-0.1, -0.05) is 28.5 Å². The van der Waals surface area contributed by atoms with Gasteiger partial charge in [0.25, 0.3) is 0 Å². The normalized spacial score (nSPS) is 10.5. The fourth-order valence-electron chi connectivity index (χ4n) is 0.192. The lowest BCUT2D eigenvalue weighted by atomic mass is 10.8. The Kier molecular flexibility index (Phi) is 6.20. The molecular formula is C4H10O2S2. The quantitative estimate of drug-likeness (QED) is 0.355. The van der Waals surface area contributed by atoms with E-state index in [0.717, 1.165) is 5.75 Å². The van der Waals surface area contributed by atoms with Gasteiger partial charge in [0.05, 0.1) is 5.75 Å². The Morgan fingerprint density at radius 3 is 2.38 bits per heavy atom. The molecule has 2 nitrogen and oxygen atoms in total. The van der Waals surface area contributed by atoms with Crippen molar-refractivity contribution in [2.24, 2.45) is 0 Å². The monoisotopic (exact) mass is 154 g/mol. The Morgan fingerprint density at radius 1 is 1.38 bits per heavy atom. The molecule has 0 rings (SSSR count). The van der Waals surface area contributed by atoms with Crippen LogP contribution < -0.4 is 0 Å². The molecular weight excluding hydrogens is 144 g/mol. The lowest BCUT2D eigenvalue weighted by molar-refractivity contribution is -0.0184. The van der Waals surface area contributed by atoms with E-state index in [2.05, 4.69) is 0 Å². The first-order chi connectivity index (χ1) is 3.77. The van der Waals surface area contributed by atoms with Gasteiger partial charge in [-0.15, -0.1) is 0 Å². The molecule has 2 N–H and O–H groups in total. The predicted octanol–water partition coefficient (Wildman–Crippen LogP) is 0.698. The van der Waals surface area contributed by atoms with Crippen molar-refractivity contribution in [2.75, 3.05) is 11.5 Å². The molecule has 0 saturated carbocycles. The van der Waals surface area contributed by atoms with Gasteiger partial charge in [0.1, 0.15) is 0 Å². The molecule has 0 heterocycles.